The minimum absolute atomic E-state index is 0.0686. The second kappa shape index (κ2) is 5.76. The molecule has 2 rings (SSSR count). The molecule has 0 aliphatic rings. The van der Waals surface area contributed by atoms with E-state index in [-0.39, 0.29) is 4.90 Å². The van der Waals surface area contributed by atoms with Crippen molar-refractivity contribution in [1.29, 1.82) is 0 Å². The molecule has 0 aliphatic heterocycles. The average molecular weight is 332 g/mol. The zero-order chi connectivity index (χ0) is 15.8. The molecule has 0 amide bonds. The third-order valence-electron chi connectivity index (χ3n) is 3.08. The Kier molecular flexibility index (Phi) is 4.38. The van der Waals surface area contributed by atoms with Gasteiger partial charge in [0.2, 0.25) is 0 Å². The molecule has 0 radical (unpaired) electrons. The van der Waals surface area contributed by atoms with E-state index in [1.165, 1.54) is 6.33 Å². The van der Waals surface area contributed by atoms with Gasteiger partial charge in [0.15, 0.2) is 0 Å². The number of nitrogens with zero attached hydrogens (tertiary/aromatic N) is 5. The maximum atomic E-state index is 11.6. The van der Waals surface area contributed by atoms with Crippen LogP contribution in [0.4, 0.5) is 0 Å². The van der Waals surface area contributed by atoms with Gasteiger partial charge in [0.25, 0.3) is 9.05 Å². The Morgan fingerprint density at radius 1 is 1.29 bits per heavy atom. The molecule has 0 fully saturated rings. The van der Waals surface area contributed by atoms with E-state index in [9.17, 15) is 8.42 Å². The van der Waals surface area contributed by atoms with E-state index >= 15 is 0 Å². The lowest BCUT2D eigenvalue weighted by Gasteiger charge is -2.09. The highest BCUT2D eigenvalue weighted by atomic mass is 35.7. The van der Waals surface area contributed by atoms with Crippen LogP contribution in [-0.2, 0) is 22.1 Å². The molecule has 2 aromatic heterocycles. The highest BCUT2D eigenvalue weighted by molar-refractivity contribution is 8.13. The highest BCUT2D eigenvalue weighted by Crippen LogP contribution is 2.23. The Morgan fingerprint density at radius 3 is 2.48 bits per heavy atom. The van der Waals surface area contributed by atoms with Crippen LogP contribution in [0.25, 0.3) is 0 Å². The summed E-state index contributed by atoms with van der Waals surface area (Å²) < 4.78 is 26.6. The minimum atomic E-state index is -3.81. The number of hydrogen-bond acceptors (Lipinski definition) is 5. The van der Waals surface area contributed by atoms with Gasteiger partial charge in [-0.1, -0.05) is 13.8 Å². The third kappa shape index (κ3) is 3.44. The fourth-order valence-corrected chi connectivity index (χ4v) is 3.75. The van der Waals surface area contributed by atoms with Crippen LogP contribution in [-0.4, -0.2) is 33.0 Å². The van der Waals surface area contributed by atoms with Gasteiger partial charge >= 0.3 is 0 Å². The molecule has 116 valence electrons. The Hall–Kier alpha value is -1.41. The number of aryl methyl sites for hydroxylation is 1. The summed E-state index contributed by atoms with van der Waals surface area (Å²) in [5, 5.41) is 8.42. The standard InChI is InChI=1S/C12H18ClN5O2S/c1-8(2)5-18-11(14-7-15-18)6-17-10(4)12(9(3)16-17)21(13,19)20/h7-8H,5-6H2,1-4H3. The third-order valence-corrected chi connectivity index (χ3v) is 4.63. The van der Waals surface area contributed by atoms with E-state index in [0.717, 1.165) is 12.4 Å². The molecule has 0 unspecified atom stereocenters. The Balaban J connectivity index is 2.36. The van der Waals surface area contributed by atoms with Gasteiger partial charge in [0, 0.05) is 17.2 Å². The monoisotopic (exact) mass is 331 g/mol. The average Bonchev–Trinajstić information content (AvgIpc) is 2.83. The first kappa shape index (κ1) is 16.0. The zero-order valence-corrected chi connectivity index (χ0v) is 14.0. The first-order chi connectivity index (χ1) is 9.70. The van der Waals surface area contributed by atoms with Gasteiger partial charge in [0.1, 0.15) is 23.6 Å². The second-order valence-electron chi connectivity index (χ2n) is 5.35. The van der Waals surface area contributed by atoms with Crippen molar-refractivity contribution in [3.05, 3.63) is 23.5 Å². The molecule has 21 heavy (non-hydrogen) atoms. The molecule has 0 N–H and O–H groups in total. The lowest BCUT2D eigenvalue weighted by Crippen LogP contribution is -2.14. The van der Waals surface area contributed by atoms with Crippen LogP contribution >= 0.6 is 10.7 Å². The first-order valence-electron chi connectivity index (χ1n) is 6.55. The summed E-state index contributed by atoms with van der Waals surface area (Å²) >= 11 is 0. The van der Waals surface area contributed by atoms with Crippen molar-refractivity contribution in [3.8, 4) is 0 Å². The quantitative estimate of drug-likeness (QED) is 0.779. The van der Waals surface area contributed by atoms with Crippen LogP contribution < -0.4 is 0 Å². The molecule has 0 saturated carbocycles. The van der Waals surface area contributed by atoms with Crippen LogP contribution in [0.3, 0.4) is 0 Å². The fourth-order valence-electron chi connectivity index (χ4n) is 2.23. The summed E-state index contributed by atoms with van der Waals surface area (Å²) in [6.07, 6.45) is 1.49. The van der Waals surface area contributed by atoms with Crippen molar-refractivity contribution in [2.75, 3.05) is 0 Å². The summed E-state index contributed by atoms with van der Waals surface area (Å²) in [6.45, 7) is 8.58. The number of aromatic nitrogens is 5. The van der Waals surface area contributed by atoms with Crippen molar-refractivity contribution in [3.63, 3.8) is 0 Å². The van der Waals surface area contributed by atoms with E-state index in [4.69, 9.17) is 10.7 Å². The summed E-state index contributed by atoms with van der Waals surface area (Å²) in [4.78, 5) is 4.28. The Morgan fingerprint density at radius 2 is 1.95 bits per heavy atom. The second-order valence-corrected chi connectivity index (χ2v) is 7.85. The fraction of sp³-hybridized carbons (Fsp3) is 0.583. The molecule has 9 heteroatoms. The molecule has 0 atom stereocenters. The normalized spacial score (nSPS) is 12.3. The van der Waals surface area contributed by atoms with Crippen LogP contribution in [0.2, 0.25) is 0 Å². The van der Waals surface area contributed by atoms with Crippen molar-refractivity contribution in [2.24, 2.45) is 5.92 Å². The van der Waals surface area contributed by atoms with Gasteiger partial charge in [-0.25, -0.2) is 18.1 Å². The predicted octanol–water partition coefficient (Wildman–Crippen LogP) is 1.72. The maximum absolute atomic E-state index is 11.6. The molecule has 0 spiro atoms. The van der Waals surface area contributed by atoms with Crippen molar-refractivity contribution in [2.45, 2.75) is 45.7 Å². The molecule has 7 nitrogen and oxygen atoms in total. The Labute approximate surface area is 128 Å². The molecule has 2 aromatic rings. The van der Waals surface area contributed by atoms with E-state index in [1.54, 1.807) is 23.2 Å². The molecule has 0 bridgehead atoms. The lowest BCUT2D eigenvalue weighted by molar-refractivity contribution is 0.455. The van der Waals surface area contributed by atoms with Gasteiger partial charge in [-0.2, -0.15) is 10.2 Å². The summed E-state index contributed by atoms with van der Waals surface area (Å²) in [7, 11) is 1.64. The minimum Gasteiger partial charge on any atom is -0.261 e. The van der Waals surface area contributed by atoms with Gasteiger partial charge in [-0.15, -0.1) is 0 Å². The smallest absolute Gasteiger partial charge is 0.261 e. The summed E-state index contributed by atoms with van der Waals surface area (Å²) in [5.74, 6) is 1.16. The van der Waals surface area contributed by atoms with E-state index < -0.39 is 9.05 Å². The van der Waals surface area contributed by atoms with Gasteiger partial charge in [-0.3, -0.25) is 4.68 Å². The first-order valence-corrected chi connectivity index (χ1v) is 8.86. The van der Waals surface area contributed by atoms with Crippen LogP contribution in [0.5, 0.6) is 0 Å². The molecular weight excluding hydrogens is 314 g/mol. The molecule has 0 aliphatic carbocycles. The van der Waals surface area contributed by atoms with Crippen LogP contribution in [0.1, 0.15) is 31.1 Å². The summed E-state index contributed by atoms with van der Waals surface area (Å²) in [5.41, 5.74) is 0.888. The molecule has 2 heterocycles. The zero-order valence-electron chi connectivity index (χ0n) is 12.4. The van der Waals surface area contributed by atoms with E-state index in [2.05, 4.69) is 29.0 Å². The molecule has 0 aromatic carbocycles. The number of hydrogen-bond donors (Lipinski definition) is 0. The summed E-state index contributed by atoms with van der Waals surface area (Å²) in [6, 6.07) is 0. The van der Waals surface area contributed by atoms with Gasteiger partial charge in [-0.05, 0) is 19.8 Å². The van der Waals surface area contributed by atoms with E-state index in [0.29, 0.717) is 23.9 Å². The van der Waals surface area contributed by atoms with Crippen molar-refractivity contribution >= 4 is 19.7 Å². The Bertz CT molecular complexity index is 748. The van der Waals surface area contributed by atoms with Gasteiger partial charge < -0.3 is 0 Å². The largest absolute Gasteiger partial charge is 0.264 e. The topological polar surface area (TPSA) is 82.7 Å². The molecular formula is C12H18ClN5O2S. The maximum Gasteiger partial charge on any atom is 0.264 e. The highest BCUT2D eigenvalue weighted by Gasteiger charge is 2.23. The number of rotatable bonds is 5. The van der Waals surface area contributed by atoms with E-state index in [1.807, 2.05) is 0 Å². The van der Waals surface area contributed by atoms with Crippen molar-refractivity contribution < 1.29 is 8.42 Å². The van der Waals surface area contributed by atoms with Gasteiger partial charge in [0.05, 0.1) is 11.4 Å². The molecule has 0 saturated heterocycles. The predicted molar refractivity (Wildman–Crippen MR) is 78.7 cm³/mol. The van der Waals surface area contributed by atoms with Crippen molar-refractivity contribution in [1.82, 2.24) is 24.5 Å². The SMILES string of the molecule is Cc1nn(Cc2ncnn2CC(C)C)c(C)c1S(=O)(=O)Cl. The lowest BCUT2D eigenvalue weighted by atomic mass is 10.2. The van der Waals surface area contributed by atoms with Crippen LogP contribution in [0.15, 0.2) is 11.2 Å². The van der Waals surface area contributed by atoms with Crippen LogP contribution in [0, 0.1) is 19.8 Å². The number of halogens is 1.